The summed E-state index contributed by atoms with van der Waals surface area (Å²) in [5.74, 6) is 0.113. The third-order valence-electron chi connectivity index (χ3n) is 8.40. The minimum absolute atomic E-state index is 0.0424. The summed E-state index contributed by atoms with van der Waals surface area (Å²) in [5, 5.41) is 33.7. The Morgan fingerprint density at radius 2 is 1.98 bits per heavy atom. The van der Waals surface area contributed by atoms with Crippen molar-refractivity contribution in [1.29, 1.82) is 0 Å². The molecule has 0 radical (unpaired) electrons. The van der Waals surface area contributed by atoms with Crippen molar-refractivity contribution in [3.05, 3.63) is 47.6 Å². The van der Waals surface area contributed by atoms with Crippen molar-refractivity contribution in [2.45, 2.75) is 88.6 Å². The lowest BCUT2D eigenvalue weighted by atomic mass is 9.76. The number of benzene rings is 1. The van der Waals surface area contributed by atoms with Gasteiger partial charge in [-0.2, -0.15) is 0 Å². The van der Waals surface area contributed by atoms with E-state index in [-0.39, 0.29) is 31.6 Å². The molecule has 0 saturated heterocycles. The topological polar surface area (TPSA) is 129 Å². The molecule has 1 saturated carbocycles. The molecule has 2 amide bonds. The first-order valence-corrected chi connectivity index (χ1v) is 14.6. The highest BCUT2D eigenvalue weighted by atomic mass is 16.5. The van der Waals surface area contributed by atoms with E-state index in [0.29, 0.717) is 47.1 Å². The average molecular weight is 557 g/mol. The molecular weight excluding hydrogens is 512 g/mol. The van der Waals surface area contributed by atoms with Crippen LogP contribution in [0.15, 0.2) is 36.4 Å². The molecule has 1 heterocycles. The van der Waals surface area contributed by atoms with Crippen molar-refractivity contribution in [3.8, 4) is 11.5 Å². The zero-order chi connectivity index (χ0) is 28.6. The molecule has 1 aromatic rings. The van der Waals surface area contributed by atoms with Gasteiger partial charge in [0.2, 0.25) is 11.8 Å². The number of carbonyl (C=O) groups is 2. The molecule has 220 valence electrons. The van der Waals surface area contributed by atoms with Crippen molar-refractivity contribution in [2.24, 2.45) is 5.92 Å². The van der Waals surface area contributed by atoms with Crippen LogP contribution in [-0.4, -0.2) is 77.1 Å². The Labute approximate surface area is 236 Å². The molecule has 0 spiro atoms. The molecule has 4 rings (SSSR count). The van der Waals surface area contributed by atoms with Gasteiger partial charge in [0.25, 0.3) is 0 Å². The summed E-state index contributed by atoms with van der Waals surface area (Å²) in [7, 11) is 1.50. The van der Waals surface area contributed by atoms with E-state index in [1.165, 1.54) is 13.5 Å². The van der Waals surface area contributed by atoms with Crippen molar-refractivity contribution in [3.63, 3.8) is 0 Å². The van der Waals surface area contributed by atoms with E-state index in [4.69, 9.17) is 9.47 Å². The van der Waals surface area contributed by atoms with Crippen molar-refractivity contribution in [2.75, 3.05) is 26.8 Å². The summed E-state index contributed by atoms with van der Waals surface area (Å²) in [4.78, 5) is 29.0. The highest BCUT2D eigenvalue weighted by Crippen LogP contribution is 2.51. The predicted molar refractivity (Wildman–Crippen MR) is 151 cm³/mol. The minimum Gasteiger partial charge on any atom is -0.493 e. The van der Waals surface area contributed by atoms with Gasteiger partial charge in [0.15, 0.2) is 11.5 Å². The number of aliphatic hydroxyl groups is 3. The fourth-order valence-electron chi connectivity index (χ4n) is 6.37. The van der Waals surface area contributed by atoms with E-state index in [2.05, 4.69) is 11.9 Å². The number of aliphatic hydroxyl groups excluding tert-OH is 3. The SMILES string of the molecule is C=CCCCCC(=O)N(CC1CCCCC1)[C@@H]1C=C(C(=O)NCCO)[C@@H]2c3cc(CO)cc(OC)c3O[C@@H]2[C@H]1O. The van der Waals surface area contributed by atoms with Crippen LogP contribution in [0.25, 0.3) is 0 Å². The first kappa shape index (κ1) is 30.1. The van der Waals surface area contributed by atoms with Gasteiger partial charge in [0.05, 0.1) is 32.3 Å². The predicted octanol–water partition coefficient (Wildman–Crippen LogP) is 2.97. The van der Waals surface area contributed by atoms with Gasteiger partial charge in [-0.25, -0.2) is 0 Å². The summed E-state index contributed by atoms with van der Waals surface area (Å²) < 4.78 is 11.9. The van der Waals surface area contributed by atoms with Gasteiger partial charge in [-0.05, 0) is 61.8 Å². The van der Waals surface area contributed by atoms with Crippen LogP contribution in [0.4, 0.5) is 0 Å². The van der Waals surface area contributed by atoms with E-state index < -0.39 is 24.2 Å². The van der Waals surface area contributed by atoms with Gasteiger partial charge in [0.1, 0.15) is 12.2 Å². The lowest BCUT2D eigenvalue weighted by Crippen LogP contribution is -2.56. The van der Waals surface area contributed by atoms with Crippen LogP contribution in [-0.2, 0) is 16.2 Å². The van der Waals surface area contributed by atoms with E-state index in [1.54, 1.807) is 23.1 Å². The number of unbranched alkanes of at least 4 members (excludes halogenated alkanes) is 2. The largest absolute Gasteiger partial charge is 0.493 e. The molecule has 1 aromatic carbocycles. The highest BCUT2D eigenvalue weighted by Gasteiger charge is 2.51. The normalized spacial score (nSPS) is 23.9. The van der Waals surface area contributed by atoms with Crippen molar-refractivity contribution < 1.29 is 34.4 Å². The maximum absolute atomic E-state index is 13.7. The Kier molecular flexibility index (Phi) is 10.6. The fraction of sp³-hybridized carbons (Fsp3) is 0.613. The van der Waals surface area contributed by atoms with Crippen LogP contribution in [0.2, 0.25) is 0 Å². The smallest absolute Gasteiger partial charge is 0.247 e. The molecule has 0 bridgehead atoms. The summed E-state index contributed by atoms with van der Waals surface area (Å²) in [6, 6.07) is 2.70. The average Bonchev–Trinajstić information content (AvgIpc) is 3.37. The lowest BCUT2D eigenvalue weighted by Gasteiger charge is -2.42. The quantitative estimate of drug-likeness (QED) is 0.217. The van der Waals surface area contributed by atoms with Gasteiger partial charge >= 0.3 is 0 Å². The van der Waals surface area contributed by atoms with E-state index >= 15 is 0 Å². The lowest BCUT2D eigenvalue weighted by molar-refractivity contribution is -0.138. The molecule has 1 aliphatic heterocycles. The second-order valence-corrected chi connectivity index (χ2v) is 11.1. The van der Waals surface area contributed by atoms with Crippen LogP contribution < -0.4 is 14.8 Å². The molecule has 2 aliphatic carbocycles. The number of hydrogen-bond acceptors (Lipinski definition) is 7. The number of ether oxygens (including phenoxy) is 2. The molecular formula is C31H44N2O7. The monoisotopic (exact) mass is 556 g/mol. The van der Waals surface area contributed by atoms with E-state index in [1.807, 2.05) is 6.08 Å². The van der Waals surface area contributed by atoms with Crippen LogP contribution in [0, 0.1) is 5.92 Å². The molecule has 0 aromatic heterocycles. The van der Waals surface area contributed by atoms with Crippen molar-refractivity contribution >= 4 is 11.8 Å². The van der Waals surface area contributed by atoms with E-state index in [0.717, 1.165) is 44.9 Å². The minimum atomic E-state index is -1.09. The number of amides is 2. The molecule has 3 aliphatic rings. The second-order valence-electron chi connectivity index (χ2n) is 11.1. The first-order chi connectivity index (χ1) is 19.4. The fourth-order valence-corrected chi connectivity index (χ4v) is 6.37. The van der Waals surface area contributed by atoms with Crippen LogP contribution in [0.5, 0.6) is 11.5 Å². The number of rotatable bonds is 13. The Hall–Kier alpha value is -2.88. The third kappa shape index (κ3) is 6.53. The van der Waals surface area contributed by atoms with Gasteiger partial charge in [-0.1, -0.05) is 25.3 Å². The Bertz CT molecular complexity index is 1080. The molecule has 1 fully saturated rings. The number of fused-ring (bicyclic) bond motifs is 3. The number of methoxy groups -OCH3 is 1. The first-order valence-electron chi connectivity index (χ1n) is 14.6. The van der Waals surface area contributed by atoms with Gasteiger partial charge in [-0.15, -0.1) is 6.58 Å². The standard InChI is InChI=1S/C31H44N2O7/c1-3-4-5-9-12-26(36)33(18-20-10-7-6-8-11-20)24-17-23(31(38)32-13-14-34)27-22-15-21(19-35)16-25(39-2)29(22)40-30(27)28(24)37/h3,15-17,20,24,27-28,30,34-35,37H,1,4-14,18-19H2,2H3,(H,32,38)/t24-,27+,28+,30+/m1/s1. The maximum Gasteiger partial charge on any atom is 0.247 e. The molecule has 4 N–H and O–H groups in total. The van der Waals surface area contributed by atoms with Crippen LogP contribution in [0.3, 0.4) is 0 Å². The number of allylic oxidation sites excluding steroid dienone is 1. The zero-order valence-corrected chi connectivity index (χ0v) is 23.5. The zero-order valence-electron chi connectivity index (χ0n) is 23.5. The molecule has 4 atom stereocenters. The van der Waals surface area contributed by atoms with E-state index in [9.17, 15) is 24.9 Å². The summed E-state index contributed by atoms with van der Waals surface area (Å²) in [6.07, 6.45) is 9.94. The number of nitrogens with zero attached hydrogens (tertiary/aromatic N) is 1. The van der Waals surface area contributed by atoms with Gasteiger partial charge in [-0.3, -0.25) is 9.59 Å². The molecule has 9 heteroatoms. The number of carbonyl (C=O) groups excluding carboxylic acids is 2. The van der Waals surface area contributed by atoms with Gasteiger partial charge in [0, 0.05) is 30.6 Å². The highest BCUT2D eigenvalue weighted by molar-refractivity contribution is 5.96. The number of nitrogens with one attached hydrogen (secondary N) is 1. The molecule has 40 heavy (non-hydrogen) atoms. The second kappa shape index (κ2) is 14.1. The summed E-state index contributed by atoms with van der Waals surface area (Å²) in [6.45, 7) is 3.91. The van der Waals surface area contributed by atoms with Crippen molar-refractivity contribution in [1.82, 2.24) is 10.2 Å². The Morgan fingerprint density at radius 3 is 2.65 bits per heavy atom. The third-order valence-corrected chi connectivity index (χ3v) is 8.40. The number of hydrogen-bond donors (Lipinski definition) is 4. The molecule has 0 unspecified atom stereocenters. The Morgan fingerprint density at radius 1 is 1.20 bits per heavy atom. The molecule has 9 nitrogen and oxygen atoms in total. The van der Waals surface area contributed by atoms with Crippen LogP contribution >= 0.6 is 0 Å². The Balaban J connectivity index is 1.73. The summed E-state index contributed by atoms with van der Waals surface area (Å²) >= 11 is 0. The summed E-state index contributed by atoms with van der Waals surface area (Å²) in [5.41, 5.74) is 1.61. The van der Waals surface area contributed by atoms with Gasteiger partial charge < -0.3 is 35.0 Å². The van der Waals surface area contributed by atoms with Crippen LogP contribution in [0.1, 0.15) is 74.8 Å². The maximum atomic E-state index is 13.7.